The number of carbonyl (C=O) groups is 2. The van der Waals surface area contributed by atoms with E-state index in [0.29, 0.717) is 17.9 Å². The molecule has 2 amide bonds. The molecule has 0 saturated heterocycles. The van der Waals surface area contributed by atoms with Crippen molar-refractivity contribution in [1.29, 1.82) is 0 Å². The van der Waals surface area contributed by atoms with Crippen molar-refractivity contribution in [2.24, 2.45) is 18.9 Å². The summed E-state index contributed by atoms with van der Waals surface area (Å²) in [6.07, 6.45) is -10.1. The first-order valence-electron chi connectivity index (χ1n) is 15.0. The van der Waals surface area contributed by atoms with Gasteiger partial charge in [-0.1, -0.05) is 6.07 Å². The van der Waals surface area contributed by atoms with E-state index in [0.717, 1.165) is 18.9 Å². The SMILES string of the molecule is Cn1c(Nc2cc(CNC(=O)CC3CC3)ccc2C(F)(F)F)nc2cc(C(=O)N[C@H]3CC[C@H](C(F)(F)F)CC3)c(OCC(F)F)nc21. The number of benzene rings is 1. The molecule has 0 bridgehead atoms. The summed E-state index contributed by atoms with van der Waals surface area (Å²) in [7, 11) is 1.40. The number of nitrogens with one attached hydrogen (secondary N) is 3. The van der Waals surface area contributed by atoms with Crippen LogP contribution in [0, 0.1) is 11.8 Å². The minimum Gasteiger partial charge on any atom is -0.471 e. The number of hydrogen-bond acceptors (Lipinski definition) is 6. The molecule has 3 aromatic rings. The lowest BCUT2D eigenvalue weighted by Crippen LogP contribution is -2.40. The van der Waals surface area contributed by atoms with E-state index in [2.05, 4.69) is 25.9 Å². The summed E-state index contributed by atoms with van der Waals surface area (Å²) in [6.45, 7) is -1.14. The molecule has 5 rings (SSSR count). The number of hydrogen-bond donors (Lipinski definition) is 3. The van der Waals surface area contributed by atoms with Gasteiger partial charge in [-0.15, -0.1) is 0 Å². The third kappa shape index (κ3) is 8.60. The third-order valence-electron chi connectivity index (χ3n) is 8.22. The number of nitrogens with zero attached hydrogens (tertiary/aromatic N) is 3. The van der Waals surface area contributed by atoms with Crippen LogP contribution in [0.3, 0.4) is 0 Å². The maximum Gasteiger partial charge on any atom is 0.418 e. The number of aryl methyl sites for hydroxylation is 1. The van der Waals surface area contributed by atoms with Gasteiger partial charge in [-0.25, -0.2) is 13.8 Å². The smallest absolute Gasteiger partial charge is 0.418 e. The van der Waals surface area contributed by atoms with Crippen LogP contribution in [0.1, 0.15) is 66.4 Å². The van der Waals surface area contributed by atoms with Crippen molar-refractivity contribution >= 4 is 34.6 Å². The Kier molecular flexibility index (Phi) is 9.82. The molecule has 0 aliphatic heterocycles. The van der Waals surface area contributed by atoms with Gasteiger partial charge in [-0.2, -0.15) is 31.3 Å². The number of imidazole rings is 1. The van der Waals surface area contributed by atoms with Gasteiger partial charge in [0.1, 0.15) is 11.1 Å². The molecule has 9 nitrogen and oxygen atoms in total. The molecule has 3 N–H and O–H groups in total. The monoisotopic (exact) mass is 676 g/mol. The summed E-state index contributed by atoms with van der Waals surface area (Å²) in [6, 6.07) is 3.88. The molecule has 2 saturated carbocycles. The molecule has 256 valence electrons. The highest BCUT2D eigenvalue weighted by atomic mass is 19.4. The Balaban J connectivity index is 1.40. The van der Waals surface area contributed by atoms with E-state index >= 15 is 0 Å². The summed E-state index contributed by atoms with van der Waals surface area (Å²) >= 11 is 0. The van der Waals surface area contributed by atoms with Crippen molar-refractivity contribution < 1.29 is 49.4 Å². The average Bonchev–Trinajstić information content (AvgIpc) is 3.76. The van der Waals surface area contributed by atoms with E-state index in [1.807, 2.05) is 0 Å². The van der Waals surface area contributed by atoms with Gasteiger partial charge in [0.25, 0.3) is 12.3 Å². The summed E-state index contributed by atoms with van der Waals surface area (Å²) in [5.74, 6) is -2.85. The van der Waals surface area contributed by atoms with Crippen molar-refractivity contribution in [2.45, 2.75) is 76.3 Å². The van der Waals surface area contributed by atoms with E-state index in [9.17, 15) is 44.7 Å². The van der Waals surface area contributed by atoms with Crippen molar-refractivity contribution in [3.63, 3.8) is 0 Å². The molecule has 0 unspecified atom stereocenters. The second kappa shape index (κ2) is 13.5. The Hall–Kier alpha value is -4.18. The molecule has 1 aromatic carbocycles. The molecule has 2 aliphatic carbocycles. The second-order valence-corrected chi connectivity index (χ2v) is 11.9. The number of amides is 2. The minimum absolute atomic E-state index is 0.00220. The Labute approximate surface area is 263 Å². The van der Waals surface area contributed by atoms with Gasteiger partial charge >= 0.3 is 12.4 Å². The predicted octanol–water partition coefficient (Wildman–Crippen LogP) is 6.64. The Bertz CT molecular complexity index is 1610. The van der Waals surface area contributed by atoms with Crippen LogP contribution >= 0.6 is 0 Å². The molecule has 2 heterocycles. The number of fused-ring (bicyclic) bond motifs is 1. The fourth-order valence-corrected chi connectivity index (χ4v) is 5.48. The first-order chi connectivity index (χ1) is 22.1. The third-order valence-corrected chi connectivity index (χ3v) is 8.22. The van der Waals surface area contributed by atoms with Gasteiger partial charge < -0.3 is 20.7 Å². The topological polar surface area (TPSA) is 110 Å². The van der Waals surface area contributed by atoms with Gasteiger partial charge in [0.15, 0.2) is 12.3 Å². The van der Waals surface area contributed by atoms with E-state index in [1.165, 1.54) is 29.8 Å². The molecule has 0 radical (unpaired) electrons. The number of rotatable bonds is 11. The van der Waals surface area contributed by atoms with Gasteiger partial charge in [0.2, 0.25) is 17.7 Å². The minimum atomic E-state index is -4.76. The number of carbonyl (C=O) groups excluding carboxylic acids is 2. The Morgan fingerprint density at radius 2 is 1.70 bits per heavy atom. The molecule has 47 heavy (non-hydrogen) atoms. The first kappa shape index (κ1) is 34.2. The largest absolute Gasteiger partial charge is 0.471 e. The number of anilines is 2. The normalized spacial score (nSPS) is 18.8. The van der Waals surface area contributed by atoms with Crippen molar-refractivity contribution in [3.05, 3.63) is 41.0 Å². The summed E-state index contributed by atoms with van der Waals surface area (Å²) < 4.78 is 113. The first-order valence-corrected chi connectivity index (χ1v) is 15.0. The van der Waals surface area contributed by atoms with E-state index in [1.54, 1.807) is 0 Å². The number of ether oxygens (including phenoxy) is 1. The zero-order chi connectivity index (χ0) is 34.1. The van der Waals surface area contributed by atoms with Crippen LogP contribution in [0.2, 0.25) is 0 Å². The summed E-state index contributed by atoms with van der Waals surface area (Å²) in [5, 5.41) is 7.94. The highest BCUT2D eigenvalue weighted by molar-refractivity contribution is 5.99. The maximum absolute atomic E-state index is 13.9. The number of aromatic nitrogens is 3. The maximum atomic E-state index is 13.9. The molecule has 17 heteroatoms. The highest BCUT2D eigenvalue weighted by Gasteiger charge is 2.42. The zero-order valence-corrected chi connectivity index (χ0v) is 25.1. The highest BCUT2D eigenvalue weighted by Crippen LogP contribution is 2.39. The van der Waals surface area contributed by atoms with Crippen LogP contribution in [0.15, 0.2) is 24.3 Å². The van der Waals surface area contributed by atoms with E-state index in [4.69, 9.17) is 4.74 Å². The van der Waals surface area contributed by atoms with Crippen molar-refractivity contribution in [2.75, 3.05) is 11.9 Å². The van der Waals surface area contributed by atoms with Crippen LogP contribution in [-0.4, -0.2) is 51.6 Å². The molecular weight excluding hydrogens is 644 g/mol. The second-order valence-electron chi connectivity index (χ2n) is 11.9. The van der Waals surface area contributed by atoms with Crippen molar-refractivity contribution in [3.8, 4) is 5.88 Å². The lowest BCUT2D eigenvalue weighted by Gasteiger charge is -2.30. The molecular formula is C30H32F8N6O3. The fourth-order valence-electron chi connectivity index (χ4n) is 5.48. The zero-order valence-electron chi connectivity index (χ0n) is 25.1. The quantitative estimate of drug-likeness (QED) is 0.197. The van der Waals surface area contributed by atoms with Gasteiger partial charge in [-0.05, 0) is 68.2 Å². The Morgan fingerprint density at radius 3 is 2.32 bits per heavy atom. The van der Waals surface area contributed by atoms with Crippen LogP contribution in [-0.2, 0) is 24.6 Å². The Morgan fingerprint density at radius 1 is 1.00 bits per heavy atom. The fraction of sp³-hybridized carbons (Fsp3) is 0.533. The standard InChI is InChI=1S/C30H32F8N6O3/c1-44-25-22(12-19(27(43-25)47-14-23(31)32)26(46)40-18-7-5-17(6-8-18)29(33,34)35)42-28(44)41-21-10-16(4-9-20(21)30(36,37)38)13-39-24(45)11-15-2-3-15/h4,9-10,12,15,17-18,23H,2-3,5-8,11,13-14H2,1H3,(H,39,45)(H,40,46)(H,41,42)/t17-,18-. The predicted molar refractivity (Wildman–Crippen MR) is 153 cm³/mol. The van der Waals surface area contributed by atoms with Gasteiger partial charge in [0, 0.05) is 26.1 Å². The van der Waals surface area contributed by atoms with E-state index < -0.39 is 54.7 Å². The average molecular weight is 677 g/mol. The van der Waals surface area contributed by atoms with Crippen LogP contribution in [0.25, 0.3) is 11.2 Å². The summed E-state index contributed by atoms with van der Waals surface area (Å²) in [4.78, 5) is 33.8. The van der Waals surface area contributed by atoms with Gasteiger partial charge in [-0.3, -0.25) is 14.2 Å². The van der Waals surface area contributed by atoms with Crippen LogP contribution in [0.4, 0.5) is 46.8 Å². The lowest BCUT2D eigenvalue weighted by molar-refractivity contribution is -0.182. The number of alkyl halides is 8. The van der Waals surface area contributed by atoms with Gasteiger partial charge in [0.05, 0.1) is 17.2 Å². The molecule has 2 fully saturated rings. The molecule has 0 spiro atoms. The number of halogens is 8. The summed E-state index contributed by atoms with van der Waals surface area (Å²) in [5.41, 5.74) is -1.36. The van der Waals surface area contributed by atoms with E-state index in [-0.39, 0.29) is 66.5 Å². The number of pyridine rings is 1. The lowest BCUT2D eigenvalue weighted by atomic mass is 9.85. The molecule has 0 atom stereocenters. The molecule has 2 aliphatic rings. The van der Waals surface area contributed by atoms with Crippen LogP contribution in [0.5, 0.6) is 5.88 Å². The van der Waals surface area contributed by atoms with Crippen LogP contribution < -0.4 is 20.7 Å². The van der Waals surface area contributed by atoms with Crippen molar-refractivity contribution in [1.82, 2.24) is 25.2 Å². The molecule has 2 aromatic heterocycles.